The Morgan fingerprint density at radius 2 is 1.89 bits per heavy atom. The molecule has 1 amide bonds. The van der Waals surface area contributed by atoms with Crippen molar-refractivity contribution in [2.24, 2.45) is 0 Å². The zero-order chi connectivity index (χ0) is 13.9. The topological polar surface area (TPSA) is 44.4 Å². The molecule has 0 atom stereocenters. The van der Waals surface area contributed by atoms with Crippen molar-refractivity contribution < 1.29 is 4.79 Å². The van der Waals surface area contributed by atoms with E-state index < -0.39 is 0 Å². The first-order chi connectivity index (χ1) is 9.26. The molecule has 0 aromatic heterocycles. The number of nitrogens with zero attached hydrogens (tertiary/aromatic N) is 1. The molecule has 0 aliphatic heterocycles. The third-order valence-corrected chi connectivity index (χ3v) is 2.93. The van der Waals surface area contributed by atoms with E-state index in [4.69, 9.17) is 0 Å². The number of rotatable bonds is 9. The number of likely N-dealkylation sites (N-methyl/N-ethyl adjacent to an activating group) is 1. The maximum absolute atomic E-state index is 11.7. The Kier molecular flexibility index (Phi) is 7.86. The first-order valence-corrected chi connectivity index (χ1v) is 7.04. The monoisotopic (exact) mass is 263 g/mol. The molecule has 0 radical (unpaired) electrons. The Bertz CT molecular complexity index is 354. The van der Waals surface area contributed by atoms with Gasteiger partial charge in [0.05, 0.1) is 6.54 Å². The molecule has 0 aliphatic rings. The normalized spacial score (nSPS) is 10.7. The average Bonchev–Trinajstić information content (AvgIpc) is 2.43. The molecule has 2 N–H and O–H groups in total. The van der Waals surface area contributed by atoms with E-state index >= 15 is 0 Å². The number of hydrogen-bond acceptors (Lipinski definition) is 3. The summed E-state index contributed by atoms with van der Waals surface area (Å²) in [6, 6.07) is 9.52. The largest absolute Gasteiger partial charge is 0.325 e. The predicted octanol–water partition coefficient (Wildman–Crippen LogP) is 1.95. The molecule has 4 heteroatoms. The number of anilines is 1. The summed E-state index contributed by atoms with van der Waals surface area (Å²) in [5.74, 6) is 0.00439. The summed E-state index contributed by atoms with van der Waals surface area (Å²) < 4.78 is 0. The third-order valence-electron chi connectivity index (χ3n) is 2.93. The van der Waals surface area contributed by atoms with Crippen LogP contribution in [0.3, 0.4) is 0 Å². The SMILES string of the molecule is CCCN(CC)CCNCC(=O)Nc1ccccc1. The van der Waals surface area contributed by atoms with Gasteiger partial charge < -0.3 is 15.5 Å². The number of carbonyl (C=O) groups excluding carboxylic acids is 1. The first-order valence-electron chi connectivity index (χ1n) is 7.04. The van der Waals surface area contributed by atoms with Crippen molar-refractivity contribution in [1.82, 2.24) is 10.2 Å². The third kappa shape index (κ3) is 6.94. The van der Waals surface area contributed by atoms with Crippen molar-refractivity contribution in [3.63, 3.8) is 0 Å². The van der Waals surface area contributed by atoms with Crippen LogP contribution in [-0.4, -0.2) is 43.5 Å². The summed E-state index contributed by atoms with van der Waals surface area (Å²) in [6.45, 7) is 8.72. The quantitative estimate of drug-likeness (QED) is 0.669. The molecule has 4 nitrogen and oxygen atoms in total. The van der Waals surface area contributed by atoms with Crippen LogP contribution in [0, 0.1) is 0 Å². The van der Waals surface area contributed by atoms with Gasteiger partial charge in [-0.15, -0.1) is 0 Å². The number of para-hydroxylation sites is 1. The molecule has 0 spiro atoms. The lowest BCUT2D eigenvalue weighted by Gasteiger charge is -2.19. The van der Waals surface area contributed by atoms with E-state index in [1.807, 2.05) is 30.3 Å². The molecule has 1 aromatic carbocycles. The van der Waals surface area contributed by atoms with Crippen LogP contribution in [0.2, 0.25) is 0 Å². The van der Waals surface area contributed by atoms with Gasteiger partial charge in [-0.2, -0.15) is 0 Å². The average molecular weight is 263 g/mol. The Balaban J connectivity index is 2.14. The standard InChI is InChI=1S/C15H25N3O/c1-3-11-18(4-2)12-10-16-13-15(19)17-14-8-6-5-7-9-14/h5-9,16H,3-4,10-13H2,1-2H3,(H,17,19). The zero-order valence-electron chi connectivity index (χ0n) is 12.0. The van der Waals surface area contributed by atoms with Crippen molar-refractivity contribution in [2.45, 2.75) is 20.3 Å². The van der Waals surface area contributed by atoms with Crippen molar-refractivity contribution in [3.8, 4) is 0 Å². The van der Waals surface area contributed by atoms with Crippen LogP contribution >= 0.6 is 0 Å². The fraction of sp³-hybridized carbons (Fsp3) is 0.533. The van der Waals surface area contributed by atoms with E-state index in [0.717, 1.165) is 31.9 Å². The van der Waals surface area contributed by atoms with E-state index in [1.165, 1.54) is 6.42 Å². The van der Waals surface area contributed by atoms with E-state index in [9.17, 15) is 4.79 Å². The molecule has 1 aromatic rings. The Morgan fingerprint density at radius 3 is 2.53 bits per heavy atom. The van der Waals surface area contributed by atoms with E-state index in [-0.39, 0.29) is 5.91 Å². The smallest absolute Gasteiger partial charge is 0.238 e. The second-order valence-corrected chi connectivity index (χ2v) is 4.53. The highest BCUT2D eigenvalue weighted by Crippen LogP contribution is 2.03. The second-order valence-electron chi connectivity index (χ2n) is 4.53. The number of hydrogen-bond donors (Lipinski definition) is 2. The Labute approximate surface area is 116 Å². The van der Waals surface area contributed by atoms with Gasteiger partial charge in [0, 0.05) is 18.8 Å². The van der Waals surface area contributed by atoms with Gasteiger partial charge in [-0.25, -0.2) is 0 Å². The zero-order valence-corrected chi connectivity index (χ0v) is 12.0. The van der Waals surface area contributed by atoms with Crippen LogP contribution in [0.25, 0.3) is 0 Å². The molecule has 1 rings (SSSR count). The summed E-state index contributed by atoms with van der Waals surface area (Å²) in [5, 5.41) is 6.03. The van der Waals surface area contributed by atoms with E-state index in [0.29, 0.717) is 6.54 Å². The highest BCUT2D eigenvalue weighted by atomic mass is 16.1. The van der Waals surface area contributed by atoms with Crippen LogP contribution in [0.1, 0.15) is 20.3 Å². The van der Waals surface area contributed by atoms with E-state index in [1.54, 1.807) is 0 Å². The van der Waals surface area contributed by atoms with Crippen LogP contribution in [0.4, 0.5) is 5.69 Å². The van der Waals surface area contributed by atoms with Crippen LogP contribution < -0.4 is 10.6 Å². The van der Waals surface area contributed by atoms with Gasteiger partial charge in [0.2, 0.25) is 5.91 Å². The van der Waals surface area contributed by atoms with Gasteiger partial charge in [-0.05, 0) is 31.6 Å². The minimum atomic E-state index is 0.00439. The number of nitrogens with one attached hydrogen (secondary N) is 2. The Morgan fingerprint density at radius 1 is 1.16 bits per heavy atom. The van der Waals surface area contributed by atoms with Crippen LogP contribution in [0.5, 0.6) is 0 Å². The van der Waals surface area contributed by atoms with Gasteiger partial charge in [-0.1, -0.05) is 32.0 Å². The summed E-state index contributed by atoms with van der Waals surface area (Å²) in [7, 11) is 0. The van der Waals surface area contributed by atoms with Crippen molar-refractivity contribution >= 4 is 11.6 Å². The molecule has 106 valence electrons. The van der Waals surface area contributed by atoms with E-state index in [2.05, 4.69) is 29.4 Å². The summed E-state index contributed by atoms with van der Waals surface area (Å²) in [5.41, 5.74) is 0.843. The van der Waals surface area contributed by atoms with Crippen molar-refractivity contribution in [2.75, 3.05) is 38.0 Å². The minimum absolute atomic E-state index is 0.00439. The van der Waals surface area contributed by atoms with Gasteiger partial charge in [0.25, 0.3) is 0 Å². The number of amides is 1. The van der Waals surface area contributed by atoms with Gasteiger partial charge in [0.15, 0.2) is 0 Å². The molecule has 0 fully saturated rings. The molecule has 0 saturated heterocycles. The summed E-state index contributed by atoms with van der Waals surface area (Å²) >= 11 is 0. The fourth-order valence-electron chi connectivity index (χ4n) is 1.91. The minimum Gasteiger partial charge on any atom is -0.325 e. The maximum Gasteiger partial charge on any atom is 0.238 e. The number of carbonyl (C=O) groups is 1. The fourth-order valence-corrected chi connectivity index (χ4v) is 1.91. The summed E-state index contributed by atoms with van der Waals surface area (Å²) in [6.07, 6.45) is 1.17. The van der Waals surface area contributed by atoms with Gasteiger partial charge >= 0.3 is 0 Å². The Hall–Kier alpha value is -1.39. The van der Waals surface area contributed by atoms with Crippen molar-refractivity contribution in [3.05, 3.63) is 30.3 Å². The van der Waals surface area contributed by atoms with Crippen LogP contribution in [0.15, 0.2) is 30.3 Å². The molecular weight excluding hydrogens is 238 g/mol. The lowest BCUT2D eigenvalue weighted by Crippen LogP contribution is -2.36. The van der Waals surface area contributed by atoms with Crippen molar-refractivity contribution in [1.29, 1.82) is 0 Å². The van der Waals surface area contributed by atoms with Gasteiger partial charge in [0.1, 0.15) is 0 Å². The number of benzene rings is 1. The second kappa shape index (κ2) is 9.53. The molecule has 0 heterocycles. The lowest BCUT2D eigenvalue weighted by atomic mass is 10.3. The molecule has 0 saturated carbocycles. The summed E-state index contributed by atoms with van der Waals surface area (Å²) in [4.78, 5) is 14.0. The maximum atomic E-state index is 11.7. The molecule has 19 heavy (non-hydrogen) atoms. The highest BCUT2D eigenvalue weighted by molar-refractivity contribution is 5.92. The lowest BCUT2D eigenvalue weighted by molar-refractivity contribution is -0.115. The first kappa shape index (κ1) is 15.7. The van der Waals surface area contributed by atoms with Gasteiger partial charge in [-0.3, -0.25) is 4.79 Å². The molecule has 0 unspecified atom stereocenters. The highest BCUT2D eigenvalue weighted by Gasteiger charge is 2.03. The predicted molar refractivity (Wildman–Crippen MR) is 80.3 cm³/mol. The van der Waals surface area contributed by atoms with Crippen LogP contribution in [-0.2, 0) is 4.79 Å². The molecule has 0 aliphatic carbocycles. The molecule has 0 bridgehead atoms. The molecular formula is C15H25N3O.